The Labute approximate surface area is 154 Å². The van der Waals surface area contributed by atoms with Crippen molar-refractivity contribution in [2.24, 2.45) is 5.73 Å². The third-order valence-corrected chi connectivity index (χ3v) is 4.42. The maximum atomic E-state index is 12.7. The molecule has 0 spiro atoms. The van der Waals surface area contributed by atoms with Gasteiger partial charge in [0.25, 0.3) is 5.56 Å². The summed E-state index contributed by atoms with van der Waals surface area (Å²) < 4.78 is 39.6. The zero-order valence-electron chi connectivity index (χ0n) is 14.8. The number of hydrogen-bond donors (Lipinski definition) is 1. The van der Waals surface area contributed by atoms with Crippen molar-refractivity contribution in [2.75, 3.05) is 0 Å². The summed E-state index contributed by atoms with van der Waals surface area (Å²) in [6, 6.07) is 9.41. The normalized spacial score (nSPS) is 13.1. The molecule has 2 N–H and O–H groups in total. The zero-order chi connectivity index (χ0) is 19.6. The van der Waals surface area contributed by atoms with E-state index in [1.165, 1.54) is 6.07 Å². The fourth-order valence-electron chi connectivity index (χ4n) is 2.94. The van der Waals surface area contributed by atoms with Crippen LogP contribution in [0.2, 0.25) is 0 Å². The van der Waals surface area contributed by atoms with E-state index in [1.807, 2.05) is 13.0 Å². The van der Waals surface area contributed by atoms with Crippen LogP contribution in [-0.2, 0) is 12.7 Å². The Morgan fingerprint density at radius 2 is 1.96 bits per heavy atom. The highest BCUT2D eigenvalue weighted by atomic mass is 19.4. The summed E-state index contributed by atoms with van der Waals surface area (Å²) in [5.74, 6) is 0. The number of aromatic nitrogens is 2. The number of pyridine rings is 2. The lowest BCUT2D eigenvalue weighted by molar-refractivity contribution is -0.137. The molecule has 3 aromatic rings. The number of benzene rings is 1. The molecule has 0 amide bonds. The van der Waals surface area contributed by atoms with Gasteiger partial charge in [-0.3, -0.25) is 9.78 Å². The molecule has 1 aromatic carbocycles. The average Bonchev–Trinajstić information content (AvgIpc) is 2.62. The van der Waals surface area contributed by atoms with Crippen LogP contribution in [0, 0.1) is 0 Å². The standard InChI is InChI=1S/C20H20F3N3O/c1-13(24)3-2-9-26-10-8-14-11-15(4-6-17(14)19(26)27)18-7-5-16(12-25-18)20(21,22)23/h4-8,10-13H,2-3,9,24H2,1H3. The fraction of sp³-hybridized carbons (Fsp3) is 0.300. The lowest BCUT2D eigenvalue weighted by Crippen LogP contribution is -2.21. The zero-order valence-corrected chi connectivity index (χ0v) is 14.8. The Morgan fingerprint density at radius 1 is 1.19 bits per heavy atom. The minimum Gasteiger partial charge on any atom is -0.328 e. The first-order valence-corrected chi connectivity index (χ1v) is 8.68. The Bertz CT molecular complexity index is 992. The summed E-state index contributed by atoms with van der Waals surface area (Å²) in [5, 5.41) is 1.29. The van der Waals surface area contributed by atoms with Gasteiger partial charge in [-0.2, -0.15) is 13.2 Å². The number of fused-ring (bicyclic) bond motifs is 1. The van der Waals surface area contributed by atoms with Crippen LogP contribution >= 0.6 is 0 Å². The minimum atomic E-state index is -4.41. The maximum Gasteiger partial charge on any atom is 0.417 e. The van der Waals surface area contributed by atoms with Gasteiger partial charge in [-0.1, -0.05) is 6.07 Å². The summed E-state index contributed by atoms with van der Waals surface area (Å²) in [6.07, 6.45) is -0.215. The van der Waals surface area contributed by atoms with Crippen LogP contribution < -0.4 is 11.3 Å². The predicted molar refractivity (Wildman–Crippen MR) is 99.3 cm³/mol. The first-order chi connectivity index (χ1) is 12.8. The second-order valence-electron chi connectivity index (χ2n) is 6.67. The van der Waals surface area contributed by atoms with Crippen molar-refractivity contribution in [2.45, 2.75) is 38.5 Å². The van der Waals surface area contributed by atoms with E-state index in [2.05, 4.69) is 4.98 Å². The van der Waals surface area contributed by atoms with E-state index in [0.717, 1.165) is 30.5 Å². The largest absolute Gasteiger partial charge is 0.417 e. The van der Waals surface area contributed by atoms with Gasteiger partial charge in [0.1, 0.15) is 0 Å². The summed E-state index contributed by atoms with van der Waals surface area (Å²) >= 11 is 0. The van der Waals surface area contributed by atoms with Gasteiger partial charge in [-0.15, -0.1) is 0 Å². The van der Waals surface area contributed by atoms with Crippen LogP contribution in [0.1, 0.15) is 25.3 Å². The van der Waals surface area contributed by atoms with Gasteiger partial charge in [-0.05, 0) is 55.5 Å². The van der Waals surface area contributed by atoms with Crippen molar-refractivity contribution >= 4 is 10.8 Å². The number of hydrogen-bond acceptors (Lipinski definition) is 3. The van der Waals surface area contributed by atoms with Crippen LogP contribution in [0.4, 0.5) is 13.2 Å². The van der Waals surface area contributed by atoms with Gasteiger partial charge in [-0.25, -0.2) is 0 Å². The van der Waals surface area contributed by atoms with Crippen LogP contribution in [0.5, 0.6) is 0 Å². The van der Waals surface area contributed by atoms with E-state index in [1.54, 1.807) is 29.0 Å². The molecule has 3 rings (SSSR count). The average molecular weight is 375 g/mol. The molecule has 0 aliphatic carbocycles. The van der Waals surface area contributed by atoms with Gasteiger partial charge in [0.15, 0.2) is 0 Å². The Morgan fingerprint density at radius 3 is 2.59 bits per heavy atom. The molecule has 4 nitrogen and oxygen atoms in total. The molecular weight excluding hydrogens is 355 g/mol. The van der Waals surface area contributed by atoms with E-state index >= 15 is 0 Å². The topological polar surface area (TPSA) is 60.9 Å². The van der Waals surface area contributed by atoms with E-state index < -0.39 is 11.7 Å². The predicted octanol–water partition coefficient (Wildman–Crippen LogP) is 4.21. The van der Waals surface area contributed by atoms with Crippen molar-refractivity contribution < 1.29 is 13.2 Å². The number of halogens is 3. The van der Waals surface area contributed by atoms with Gasteiger partial charge < -0.3 is 10.3 Å². The molecule has 0 bridgehead atoms. The van der Waals surface area contributed by atoms with E-state index in [0.29, 0.717) is 23.2 Å². The third kappa shape index (κ3) is 4.36. The highest BCUT2D eigenvalue weighted by Gasteiger charge is 2.30. The molecule has 0 aliphatic heterocycles. The lowest BCUT2D eigenvalue weighted by Gasteiger charge is -2.10. The quantitative estimate of drug-likeness (QED) is 0.727. The summed E-state index contributed by atoms with van der Waals surface area (Å²) in [6.45, 7) is 2.53. The van der Waals surface area contributed by atoms with Crippen LogP contribution in [0.25, 0.3) is 22.0 Å². The molecule has 1 atom stereocenters. The summed E-state index contributed by atoms with van der Waals surface area (Å²) in [5.41, 5.74) is 5.93. The van der Waals surface area contributed by atoms with Crippen LogP contribution in [-0.4, -0.2) is 15.6 Å². The molecular formula is C20H20F3N3O. The Hall–Kier alpha value is -2.67. The molecule has 7 heteroatoms. The maximum absolute atomic E-state index is 12.7. The molecule has 142 valence electrons. The Kier molecular flexibility index (Phi) is 5.32. The molecule has 0 saturated heterocycles. The number of nitrogens with zero attached hydrogens (tertiary/aromatic N) is 2. The molecule has 0 saturated carbocycles. The smallest absolute Gasteiger partial charge is 0.328 e. The number of nitrogens with two attached hydrogens (primary N) is 1. The van der Waals surface area contributed by atoms with Crippen molar-refractivity contribution in [1.82, 2.24) is 9.55 Å². The number of rotatable bonds is 5. The van der Waals surface area contributed by atoms with Gasteiger partial charge in [0.05, 0.1) is 11.3 Å². The third-order valence-electron chi connectivity index (χ3n) is 4.42. The first kappa shape index (κ1) is 19.1. The molecule has 1 unspecified atom stereocenters. The fourth-order valence-corrected chi connectivity index (χ4v) is 2.94. The SMILES string of the molecule is CC(N)CCCn1ccc2cc(-c3ccc(C(F)(F)F)cn3)ccc2c1=O. The van der Waals surface area contributed by atoms with Gasteiger partial charge in [0, 0.05) is 35.9 Å². The van der Waals surface area contributed by atoms with E-state index in [9.17, 15) is 18.0 Å². The van der Waals surface area contributed by atoms with E-state index in [-0.39, 0.29) is 11.6 Å². The monoisotopic (exact) mass is 375 g/mol. The second-order valence-corrected chi connectivity index (χ2v) is 6.67. The summed E-state index contributed by atoms with van der Waals surface area (Å²) in [7, 11) is 0. The minimum absolute atomic E-state index is 0.0934. The first-order valence-electron chi connectivity index (χ1n) is 8.68. The molecule has 2 aromatic heterocycles. The van der Waals surface area contributed by atoms with Crippen LogP contribution in [0.15, 0.2) is 53.6 Å². The van der Waals surface area contributed by atoms with Crippen molar-refractivity contribution in [3.8, 4) is 11.3 Å². The number of aryl methyl sites for hydroxylation is 1. The summed E-state index contributed by atoms with van der Waals surface area (Å²) in [4.78, 5) is 16.5. The second kappa shape index (κ2) is 7.52. The molecule has 27 heavy (non-hydrogen) atoms. The van der Waals surface area contributed by atoms with Gasteiger partial charge >= 0.3 is 6.18 Å². The molecule has 0 fully saturated rings. The van der Waals surface area contributed by atoms with Crippen LogP contribution in [0.3, 0.4) is 0 Å². The lowest BCUT2D eigenvalue weighted by atomic mass is 10.1. The van der Waals surface area contributed by atoms with E-state index in [4.69, 9.17) is 5.73 Å². The highest BCUT2D eigenvalue weighted by Crippen LogP contribution is 2.30. The molecule has 2 heterocycles. The van der Waals surface area contributed by atoms with Crippen molar-refractivity contribution in [3.63, 3.8) is 0 Å². The van der Waals surface area contributed by atoms with Gasteiger partial charge in [0.2, 0.25) is 0 Å². The highest BCUT2D eigenvalue weighted by molar-refractivity contribution is 5.86. The van der Waals surface area contributed by atoms with Crippen molar-refractivity contribution in [3.05, 3.63) is 64.7 Å². The Balaban J connectivity index is 1.89. The number of alkyl halides is 3. The molecule has 0 radical (unpaired) electrons. The molecule has 0 aliphatic rings. The van der Waals surface area contributed by atoms with Crippen molar-refractivity contribution in [1.29, 1.82) is 0 Å².